The third-order valence-electron chi connectivity index (χ3n) is 4.42. The molecule has 0 unspecified atom stereocenters. The molecule has 0 radical (unpaired) electrons. The van der Waals surface area contributed by atoms with Crippen molar-refractivity contribution in [2.75, 3.05) is 7.11 Å². The number of methoxy groups -OCH3 is 1. The highest BCUT2D eigenvalue weighted by Crippen LogP contribution is 2.43. The predicted molar refractivity (Wildman–Crippen MR) is 89.0 cm³/mol. The predicted octanol–water partition coefficient (Wildman–Crippen LogP) is 2.42. The number of nitrogens with one attached hydrogen (secondary N) is 1. The van der Waals surface area contributed by atoms with E-state index in [1.165, 1.54) is 7.11 Å². The maximum atomic E-state index is 12.5. The largest absolute Gasteiger partial charge is 0.467 e. The second-order valence-corrected chi connectivity index (χ2v) is 6.09. The van der Waals surface area contributed by atoms with Gasteiger partial charge in [0.1, 0.15) is 0 Å². The van der Waals surface area contributed by atoms with Gasteiger partial charge in [-0.05, 0) is 25.8 Å². The van der Waals surface area contributed by atoms with E-state index in [0.29, 0.717) is 6.42 Å². The van der Waals surface area contributed by atoms with Crippen molar-refractivity contribution in [2.45, 2.75) is 32.4 Å². The van der Waals surface area contributed by atoms with Crippen LogP contribution in [0.3, 0.4) is 0 Å². The number of nitrogens with zero attached hydrogens (tertiary/aromatic N) is 1. The van der Waals surface area contributed by atoms with Crippen LogP contribution in [0, 0.1) is 5.41 Å². The number of carbonyl (C=O) groups excluding carboxylic acids is 3. The minimum Gasteiger partial charge on any atom is -0.467 e. The smallest absolute Gasteiger partial charge is 0.330 e. The summed E-state index contributed by atoms with van der Waals surface area (Å²) in [5.41, 5.74) is -0.0929. The first-order valence-electron chi connectivity index (χ1n) is 7.74. The van der Waals surface area contributed by atoms with Gasteiger partial charge in [-0.2, -0.15) is 0 Å². The SMILES string of the molecule is C=CC[C@@]1(C)C(=O)N(C(=O)N[C@H](C)c2ccccc2)[C@@H]1C(=O)OC. The number of benzene rings is 1. The number of hydrogen-bond acceptors (Lipinski definition) is 4. The number of likely N-dealkylation sites (tertiary alicyclic amines) is 1. The van der Waals surface area contributed by atoms with E-state index in [-0.39, 0.29) is 6.04 Å². The quantitative estimate of drug-likeness (QED) is 0.511. The average Bonchev–Trinajstić information content (AvgIpc) is 2.59. The highest BCUT2D eigenvalue weighted by Gasteiger charge is 2.63. The van der Waals surface area contributed by atoms with Crippen LogP contribution in [-0.2, 0) is 14.3 Å². The molecule has 1 aromatic carbocycles. The molecule has 1 N–H and O–H groups in total. The molecule has 0 bridgehead atoms. The van der Waals surface area contributed by atoms with Gasteiger partial charge in [0.2, 0.25) is 5.91 Å². The fraction of sp³-hybridized carbons (Fsp3) is 0.389. The second kappa shape index (κ2) is 6.86. The number of carbonyl (C=O) groups is 3. The molecule has 0 spiro atoms. The van der Waals surface area contributed by atoms with Crippen molar-refractivity contribution < 1.29 is 19.1 Å². The van der Waals surface area contributed by atoms with E-state index in [0.717, 1.165) is 10.5 Å². The second-order valence-electron chi connectivity index (χ2n) is 6.09. The molecule has 1 aliphatic heterocycles. The van der Waals surface area contributed by atoms with Crippen LogP contribution in [0.1, 0.15) is 31.9 Å². The standard InChI is InChI=1S/C18H22N2O4/c1-5-11-18(3)14(15(21)24-4)20(16(18)22)17(23)19-12(2)13-9-7-6-8-10-13/h5-10,12,14H,1,11H2,2-4H3,(H,19,23)/t12-,14-,18-/m1/s1. The zero-order chi connectivity index (χ0) is 17.9. The van der Waals surface area contributed by atoms with Gasteiger partial charge >= 0.3 is 12.0 Å². The zero-order valence-electron chi connectivity index (χ0n) is 14.1. The van der Waals surface area contributed by atoms with Crippen LogP contribution in [-0.4, -0.2) is 36.0 Å². The molecule has 1 saturated heterocycles. The number of rotatable bonds is 5. The van der Waals surface area contributed by atoms with Gasteiger partial charge in [0.25, 0.3) is 0 Å². The molecule has 128 valence electrons. The molecular formula is C18H22N2O4. The van der Waals surface area contributed by atoms with E-state index in [1.807, 2.05) is 37.3 Å². The Morgan fingerprint density at radius 1 is 1.42 bits per heavy atom. The first kappa shape index (κ1) is 17.7. The Morgan fingerprint density at radius 3 is 2.58 bits per heavy atom. The van der Waals surface area contributed by atoms with E-state index < -0.39 is 29.4 Å². The number of β-lactam (4-membered cyclic amide) rings is 1. The molecule has 1 aromatic rings. The Labute approximate surface area is 141 Å². The summed E-state index contributed by atoms with van der Waals surface area (Å²) in [6, 6.07) is 7.52. The van der Waals surface area contributed by atoms with Crippen molar-refractivity contribution >= 4 is 17.9 Å². The van der Waals surface area contributed by atoms with Gasteiger partial charge in [0.15, 0.2) is 6.04 Å². The first-order chi connectivity index (χ1) is 11.4. The minimum atomic E-state index is -0.998. The van der Waals surface area contributed by atoms with Crippen LogP contribution in [0.25, 0.3) is 0 Å². The highest BCUT2D eigenvalue weighted by molar-refractivity contribution is 6.10. The van der Waals surface area contributed by atoms with Gasteiger partial charge in [-0.25, -0.2) is 14.5 Å². The molecule has 6 nitrogen and oxygen atoms in total. The lowest BCUT2D eigenvalue weighted by Gasteiger charge is -2.50. The summed E-state index contributed by atoms with van der Waals surface area (Å²) in [5.74, 6) is -1.02. The summed E-state index contributed by atoms with van der Waals surface area (Å²) in [5, 5.41) is 2.75. The molecule has 0 saturated carbocycles. The molecule has 1 fully saturated rings. The van der Waals surface area contributed by atoms with Crippen molar-refractivity contribution in [2.24, 2.45) is 5.41 Å². The van der Waals surface area contributed by atoms with Gasteiger partial charge in [0, 0.05) is 0 Å². The summed E-state index contributed by atoms with van der Waals surface area (Å²) >= 11 is 0. The summed E-state index contributed by atoms with van der Waals surface area (Å²) in [6.45, 7) is 7.07. The summed E-state index contributed by atoms with van der Waals surface area (Å²) in [7, 11) is 1.24. The van der Waals surface area contributed by atoms with Crippen LogP contribution < -0.4 is 5.32 Å². The Bertz CT molecular complexity index is 658. The van der Waals surface area contributed by atoms with Crippen molar-refractivity contribution in [3.8, 4) is 0 Å². The van der Waals surface area contributed by atoms with Gasteiger partial charge in [-0.3, -0.25) is 4.79 Å². The highest BCUT2D eigenvalue weighted by atomic mass is 16.5. The number of hydrogen-bond donors (Lipinski definition) is 1. The number of allylic oxidation sites excluding steroid dienone is 1. The average molecular weight is 330 g/mol. The van der Waals surface area contributed by atoms with E-state index >= 15 is 0 Å². The molecule has 1 heterocycles. The number of urea groups is 1. The molecule has 0 aromatic heterocycles. The summed E-state index contributed by atoms with van der Waals surface area (Å²) in [6.07, 6.45) is 1.86. The van der Waals surface area contributed by atoms with Crippen molar-refractivity contribution in [1.82, 2.24) is 10.2 Å². The molecule has 1 aliphatic rings. The fourth-order valence-corrected chi connectivity index (χ4v) is 2.99. The third-order valence-corrected chi connectivity index (χ3v) is 4.42. The third kappa shape index (κ3) is 2.91. The minimum absolute atomic E-state index is 0.295. The Morgan fingerprint density at radius 2 is 2.04 bits per heavy atom. The molecule has 3 amide bonds. The topological polar surface area (TPSA) is 75.7 Å². The first-order valence-corrected chi connectivity index (χ1v) is 7.74. The van der Waals surface area contributed by atoms with Crippen molar-refractivity contribution in [1.29, 1.82) is 0 Å². The summed E-state index contributed by atoms with van der Waals surface area (Å²) in [4.78, 5) is 38.0. The maximum absolute atomic E-state index is 12.5. The number of esters is 1. The molecule has 6 heteroatoms. The lowest BCUT2D eigenvalue weighted by Crippen LogP contribution is -2.73. The van der Waals surface area contributed by atoms with E-state index in [4.69, 9.17) is 4.74 Å². The van der Waals surface area contributed by atoms with Crippen LogP contribution in [0.5, 0.6) is 0 Å². The van der Waals surface area contributed by atoms with E-state index in [9.17, 15) is 14.4 Å². The van der Waals surface area contributed by atoms with Crippen molar-refractivity contribution in [3.63, 3.8) is 0 Å². The fourth-order valence-electron chi connectivity index (χ4n) is 2.99. The van der Waals surface area contributed by atoms with E-state index in [2.05, 4.69) is 11.9 Å². The van der Waals surface area contributed by atoms with Gasteiger partial charge < -0.3 is 10.1 Å². The van der Waals surface area contributed by atoms with Crippen LogP contribution in [0.15, 0.2) is 43.0 Å². The Kier molecular flexibility index (Phi) is 5.07. The molecular weight excluding hydrogens is 308 g/mol. The number of amides is 3. The molecule has 3 atom stereocenters. The number of imide groups is 1. The zero-order valence-corrected chi connectivity index (χ0v) is 14.1. The number of ether oxygens (including phenoxy) is 1. The van der Waals surface area contributed by atoms with Crippen LogP contribution >= 0.6 is 0 Å². The van der Waals surface area contributed by atoms with E-state index in [1.54, 1.807) is 13.0 Å². The van der Waals surface area contributed by atoms with Gasteiger partial charge in [-0.1, -0.05) is 36.4 Å². The normalized spacial score (nSPS) is 23.9. The van der Waals surface area contributed by atoms with Gasteiger partial charge in [-0.15, -0.1) is 6.58 Å². The Hall–Kier alpha value is -2.63. The summed E-state index contributed by atoms with van der Waals surface area (Å²) < 4.78 is 4.77. The van der Waals surface area contributed by atoms with Crippen LogP contribution in [0.2, 0.25) is 0 Å². The Balaban J connectivity index is 2.17. The maximum Gasteiger partial charge on any atom is 0.330 e. The van der Waals surface area contributed by atoms with Gasteiger partial charge in [0.05, 0.1) is 18.6 Å². The van der Waals surface area contributed by atoms with Crippen molar-refractivity contribution in [3.05, 3.63) is 48.6 Å². The lowest BCUT2D eigenvalue weighted by molar-refractivity contribution is -0.178. The van der Waals surface area contributed by atoms with Crippen LogP contribution in [0.4, 0.5) is 4.79 Å². The monoisotopic (exact) mass is 330 g/mol. The molecule has 2 rings (SSSR count). The molecule has 24 heavy (non-hydrogen) atoms. The molecule has 0 aliphatic carbocycles. The lowest BCUT2D eigenvalue weighted by atomic mass is 9.70.